The molecule has 0 saturated carbocycles. The lowest BCUT2D eigenvalue weighted by Crippen LogP contribution is -2.19. The molecule has 0 aliphatic heterocycles. The third kappa shape index (κ3) is 3.70. The fourth-order valence-corrected chi connectivity index (χ4v) is 1.98. The Kier molecular flexibility index (Phi) is 5.09. The molecule has 0 N–H and O–H groups in total. The fourth-order valence-electron chi connectivity index (χ4n) is 0.418. The first-order valence-electron chi connectivity index (χ1n) is 2.71. The average Bonchev–Trinajstić information content (AvgIpc) is 1.82. The average molecular weight is 165 g/mol. The molecule has 54 valence electrons. The lowest BCUT2D eigenvalue weighted by molar-refractivity contribution is -0.123. The van der Waals surface area contributed by atoms with Gasteiger partial charge < -0.3 is 0 Å². The molecule has 0 aromatic heterocycles. The number of amides is 1. The van der Waals surface area contributed by atoms with Gasteiger partial charge in [-0.3, -0.25) is 9.10 Å². The summed E-state index contributed by atoms with van der Waals surface area (Å²) in [4.78, 5) is 10.7. The maximum Gasteiger partial charge on any atom is 0.229 e. The molecular formula is C5H11NOS2. The SMILES string of the molecule is CCN(SSC)C(C)=O. The zero-order valence-corrected chi connectivity index (χ0v) is 7.51. The summed E-state index contributed by atoms with van der Waals surface area (Å²) in [5.41, 5.74) is 0. The van der Waals surface area contributed by atoms with Gasteiger partial charge in [-0.15, -0.1) is 0 Å². The van der Waals surface area contributed by atoms with Gasteiger partial charge in [-0.05, 0) is 13.2 Å². The third-order valence-corrected chi connectivity index (χ3v) is 2.63. The molecule has 0 unspecified atom stereocenters. The van der Waals surface area contributed by atoms with Crippen LogP contribution in [0, 0.1) is 0 Å². The molecule has 0 aliphatic carbocycles. The van der Waals surface area contributed by atoms with Crippen LogP contribution in [-0.2, 0) is 4.79 Å². The Balaban J connectivity index is 3.54. The highest BCUT2D eigenvalue weighted by atomic mass is 33.1. The van der Waals surface area contributed by atoms with E-state index in [4.69, 9.17) is 0 Å². The highest BCUT2D eigenvalue weighted by molar-refractivity contribution is 8.75. The molecule has 0 saturated heterocycles. The predicted molar refractivity (Wildman–Crippen MR) is 44.2 cm³/mol. The predicted octanol–water partition coefficient (Wildman–Crippen LogP) is 1.78. The van der Waals surface area contributed by atoms with Crippen LogP contribution in [0.1, 0.15) is 13.8 Å². The molecule has 9 heavy (non-hydrogen) atoms. The van der Waals surface area contributed by atoms with E-state index in [1.165, 1.54) is 11.0 Å². The first-order chi connectivity index (χ1) is 4.22. The molecule has 0 radical (unpaired) electrons. The minimum atomic E-state index is 0.122. The van der Waals surface area contributed by atoms with Crippen molar-refractivity contribution in [1.29, 1.82) is 0 Å². The first-order valence-corrected chi connectivity index (χ1v) is 5.22. The highest BCUT2D eigenvalue weighted by Gasteiger charge is 2.03. The minimum absolute atomic E-state index is 0.122. The molecule has 4 heteroatoms. The maximum absolute atomic E-state index is 10.7. The molecule has 0 fully saturated rings. The zero-order valence-electron chi connectivity index (χ0n) is 5.88. The summed E-state index contributed by atoms with van der Waals surface area (Å²) in [6, 6.07) is 0. The van der Waals surface area contributed by atoms with Crippen LogP contribution in [0.2, 0.25) is 0 Å². The van der Waals surface area contributed by atoms with E-state index in [0.717, 1.165) is 6.54 Å². The van der Waals surface area contributed by atoms with Crippen LogP contribution < -0.4 is 0 Å². The molecule has 0 spiro atoms. The number of hydrogen-bond acceptors (Lipinski definition) is 3. The van der Waals surface area contributed by atoms with E-state index in [-0.39, 0.29) is 5.91 Å². The van der Waals surface area contributed by atoms with Crippen LogP contribution in [0.5, 0.6) is 0 Å². The van der Waals surface area contributed by atoms with Crippen LogP contribution in [-0.4, -0.2) is 23.0 Å². The van der Waals surface area contributed by atoms with Gasteiger partial charge in [0.05, 0.1) is 0 Å². The Morgan fingerprint density at radius 2 is 2.22 bits per heavy atom. The van der Waals surface area contributed by atoms with Gasteiger partial charge in [0.1, 0.15) is 0 Å². The van der Waals surface area contributed by atoms with Gasteiger partial charge in [-0.25, -0.2) is 0 Å². The van der Waals surface area contributed by atoms with Crippen molar-refractivity contribution in [2.45, 2.75) is 13.8 Å². The molecule has 0 aromatic rings. The second kappa shape index (κ2) is 4.99. The zero-order chi connectivity index (χ0) is 7.28. The molecule has 0 rings (SSSR count). The first kappa shape index (κ1) is 9.17. The molecule has 2 nitrogen and oxygen atoms in total. The minimum Gasteiger partial charge on any atom is -0.278 e. The van der Waals surface area contributed by atoms with Crippen molar-refractivity contribution in [3.63, 3.8) is 0 Å². The quantitative estimate of drug-likeness (QED) is 0.469. The Morgan fingerprint density at radius 3 is 2.33 bits per heavy atom. The number of rotatable bonds is 3. The molecule has 0 aromatic carbocycles. The van der Waals surface area contributed by atoms with E-state index >= 15 is 0 Å². The van der Waals surface area contributed by atoms with Crippen molar-refractivity contribution in [1.82, 2.24) is 4.31 Å². The topological polar surface area (TPSA) is 20.3 Å². The van der Waals surface area contributed by atoms with Crippen LogP contribution >= 0.6 is 21.8 Å². The van der Waals surface area contributed by atoms with Crippen molar-refractivity contribution < 1.29 is 4.79 Å². The van der Waals surface area contributed by atoms with Crippen LogP contribution in [0.3, 0.4) is 0 Å². The van der Waals surface area contributed by atoms with Crippen LogP contribution in [0.15, 0.2) is 0 Å². The largest absolute Gasteiger partial charge is 0.278 e. The van der Waals surface area contributed by atoms with Gasteiger partial charge in [0.2, 0.25) is 5.91 Å². The number of nitrogens with zero attached hydrogens (tertiary/aromatic N) is 1. The molecule has 0 heterocycles. The molecular weight excluding hydrogens is 154 g/mol. The van der Waals surface area contributed by atoms with Crippen molar-refractivity contribution >= 4 is 27.7 Å². The van der Waals surface area contributed by atoms with Gasteiger partial charge in [-0.2, -0.15) is 0 Å². The summed E-state index contributed by atoms with van der Waals surface area (Å²) < 4.78 is 1.71. The molecule has 0 bridgehead atoms. The van der Waals surface area contributed by atoms with E-state index < -0.39 is 0 Å². The van der Waals surface area contributed by atoms with E-state index in [1.54, 1.807) is 22.0 Å². The van der Waals surface area contributed by atoms with Gasteiger partial charge in [-0.1, -0.05) is 10.8 Å². The standard InChI is InChI=1S/C5H11NOS2/c1-4-6(5(2)7)9-8-3/h4H2,1-3H3. The Hall–Kier alpha value is 0.170. The summed E-state index contributed by atoms with van der Waals surface area (Å²) in [5, 5.41) is 0. The highest BCUT2D eigenvalue weighted by Crippen LogP contribution is 2.21. The number of carbonyl (C=O) groups is 1. The lowest BCUT2D eigenvalue weighted by atomic mass is 10.6. The summed E-state index contributed by atoms with van der Waals surface area (Å²) in [5.74, 6) is 0.122. The van der Waals surface area contributed by atoms with Crippen molar-refractivity contribution in [2.24, 2.45) is 0 Å². The van der Waals surface area contributed by atoms with Crippen LogP contribution in [0.4, 0.5) is 0 Å². The van der Waals surface area contributed by atoms with Gasteiger partial charge in [0.25, 0.3) is 0 Å². The number of carbonyl (C=O) groups excluding carboxylic acids is 1. The summed E-state index contributed by atoms with van der Waals surface area (Å²) >= 11 is 0. The summed E-state index contributed by atoms with van der Waals surface area (Å²) in [6.45, 7) is 4.32. The van der Waals surface area contributed by atoms with Gasteiger partial charge in [0.15, 0.2) is 0 Å². The fraction of sp³-hybridized carbons (Fsp3) is 0.800. The Labute approximate surface area is 63.9 Å². The second-order valence-corrected chi connectivity index (χ2v) is 3.83. The van der Waals surface area contributed by atoms with E-state index in [0.29, 0.717) is 0 Å². The monoisotopic (exact) mass is 165 g/mol. The summed E-state index contributed by atoms with van der Waals surface area (Å²) in [7, 11) is 3.07. The maximum atomic E-state index is 10.7. The summed E-state index contributed by atoms with van der Waals surface area (Å²) in [6.07, 6.45) is 1.95. The van der Waals surface area contributed by atoms with E-state index in [9.17, 15) is 4.79 Å². The van der Waals surface area contributed by atoms with Crippen molar-refractivity contribution in [3.05, 3.63) is 0 Å². The molecule has 0 atom stereocenters. The second-order valence-electron chi connectivity index (χ2n) is 1.45. The van der Waals surface area contributed by atoms with E-state index in [1.807, 2.05) is 13.2 Å². The van der Waals surface area contributed by atoms with Gasteiger partial charge in [0, 0.05) is 24.4 Å². The normalized spacial score (nSPS) is 9.22. The number of hydrogen-bond donors (Lipinski definition) is 0. The van der Waals surface area contributed by atoms with Crippen LogP contribution in [0.25, 0.3) is 0 Å². The van der Waals surface area contributed by atoms with Crippen molar-refractivity contribution in [2.75, 3.05) is 12.8 Å². The van der Waals surface area contributed by atoms with Gasteiger partial charge >= 0.3 is 0 Å². The lowest BCUT2D eigenvalue weighted by Gasteiger charge is -2.13. The molecule has 1 amide bonds. The molecule has 0 aliphatic rings. The third-order valence-electron chi connectivity index (χ3n) is 0.803. The Morgan fingerprint density at radius 1 is 1.67 bits per heavy atom. The van der Waals surface area contributed by atoms with Crippen molar-refractivity contribution in [3.8, 4) is 0 Å². The Bertz CT molecular complexity index is 97.0. The smallest absolute Gasteiger partial charge is 0.229 e. The van der Waals surface area contributed by atoms with E-state index in [2.05, 4.69) is 0 Å².